The van der Waals surface area contributed by atoms with Crippen LogP contribution in [-0.4, -0.2) is 33.4 Å². The smallest absolute Gasteiger partial charge is 0.271 e. The highest BCUT2D eigenvalue weighted by Gasteiger charge is 2.24. The standard InChI is InChI=1S/C14H17ClN4O2/c1-9(15)10-4-6-18(7-5-10)14-16-12-3-2-11(19(20)21)8-13(12)17-14/h2-3,8-10H,4-7H2,1H3,(H,16,17). The van der Waals surface area contributed by atoms with E-state index >= 15 is 0 Å². The van der Waals surface area contributed by atoms with Crippen LogP contribution in [0.5, 0.6) is 0 Å². The van der Waals surface area contributed by atoms with Gasteiger partial charge < -0.3 is 9.88 Å². The molecule has 0 saturated carbocycles. The highest BCUT2D eigenvalue weighted by atomic mass is 35.5. The van der Waals surface area contributed by atoms with Crippen LogP contribution in [0.25, 0.3) is 11.0 Å². The van der Waals surface area contributed by atoms with Gasteiger partial charge in [0.1, 0.15) is 0 Å². The number of imidazole rings is 1. The lowest BCUT2D eigenvalue weighted by Crippen LogP contribution is -2.36. The number of hydrogen-bond acceptors (Lipinski definition) is 4. The Labute approximate surface area is 127 Å². The van der Waals surface area contributed by atoms with Gasteiger partial charge in [-0.1, -0.05) is 0 Å². The zero-order chi connectivity index (χ0) is 15.0. The number of anilines is 1. The first kappa shape index (κ1) is 14.1. The number of nitro benzene ring substituents is 1. The van der Waals surface area contributed by atoms with Gasteiger partial charge in [-0.2, -0.15) is 0 Å². The van der Waals surface area contributed by atoms with Gasteiger partial charge in [0, 0.05) is 30.6 Å². The Morgan fingerprint density at radius 1 is 1.48 bits per heavy atom. The van der Waals surface area contributed by atoms with Gasteiger partial charge in [-0.05, 0) is 31.7 Å². The zero-order valence-corrected chi connectivity index (χ0v) is 12.5. The van der Waals surface area contributed by atoms with Crippen LogP contribution in [-0.2, 0) is 0 Å². The maximum atomic E-state index is 10.8. The van der Waals surface area contributed by atoms with Crippen LogP contribution in [0.4, 0.5) is 11.6 Å². The second-order valence-electron chi connectivity index (χ2n) is 5.52. The molecule has 1 aromatic heterocycles. The summed E-state index contributed by atoms with van der Waals surface area (Å²) in [6.45, 7) is 3.86. The highest BCUT2D eigenvalue weighted by molar-refractivity contribution is 6.20. The van der Waals surface area contributed by atoms with Gasteiger partial charge in [-0.25, -0.2) is 4.98 Å². The molecule has 2 heterocycles. The van der Waals surface area contributed by atoms with E-state index in [9.17, 15) is 10.1 Å². The van der Waals surface area contributed by atoms with Crippen molar-refractivity contribution in [2.75, 3.05) is 18.0 Å². The lowest BCUT2D eigenvalue weighted by atomic mass is 9.94. The molecule has 1 N–H and O–H groups in total. The molecule has 21 heavy (non-hydrogen) atoms. The molecule has 6 nitrogen and oxygen atoms in total. The number of aromatic amines is 1. The van der Waals surface area contributed by atoms with Crippen molar-refractivity contribution in [2.24, 2.45) is 5.92 Å². The Morgan fingerprint density at radius 2 is 2.19 bits per heavy atom. The molecule has 0 aliphatic carbocycles. The monoisotopic (exact) mass is 308 g/mol. The largest absolute Gasteiger partial charge is 0.342 e. The number of H-pyrrole nitrogens is 1. The predicted molar refractivity (Wildman–Crippen MR) is 83.0 cm³/mol. The summed E-state index contributed by atoms with van der Waals surface area (Å²) in [6, 6.07) is 4.69. The SMILES string of the molecule is CC(Cl)C1CCN(c2nc3ccc([N+](=O)[O-])cc3[nH]2)CC1. The Balaban J connectivity index is 1.80. The van der Waals surface area contributed by atoms with Crippen molar-refractivity contribution in [3.05, 3.63) is 28.3 Å². The van der Waals surface area contributed by atoms with E-state index in [4.69, 9.17) is 11.6 Å². The predicted octanol–water partition coefficient (Wildman–Crippen LogP) is 3.31. The highest BCUT2D eigenvalue weighted by Crippen LogP contribution is 2.28. The summed E-state index contributed by atoms with van der Waals surface area (Å²) in [5.41, 5.74) is 1.53. The molecule has 1 saturated heterocycles. The van der Waals surface area contributed by atoms with Crippen molar-refractivity contribution in [1.29, 1.82) is 0 Å². The number of rotatable bonds is 3. The second-order valence-corrected chi connectivity index (χ2v) is 6.21. The fourth-order valence-corrected chi connectivity index (χ4v) is 3.07. The summed E-state index contributed by atoms with van der Waals surface area (Å²) in [7, 11) is 0. The average molecular weight is 309 g/mol. The minimum atomic E-state index is -0.396. The summed E-state index contributed by atoms with van der Waals surface area (Å²) < 4.78 is 0. The third kappa shape index (κ3) is 2.81. The second kappa shape index (κ2) is 5.52. The van der Waals surface area contributed by atoms with E-state index < -0.39 is 4.92 Å². The molecule has 0 bridgehead atoms. The van der Waals surface area contributed by atoms with E-state index in [-0.39, 0.29) is 11.1 Å². The molecule has 0 spiro atoms. The van der Waals surface area contributed by atoms with Crippen molar-refractivity contribution in [3.8, 4) is 0 Å². The van der Waals surface area contributed by atoms with E-state index in [2.05, 4.69) is 14.9 Å². The van der Waals surface area contributed by atoms with E-state index in [0.29, 0.717) is 11.4 Å². The van der Waals surface area contributed by atoms with Gasteiger partial charge in [0.25, 0.3) is 5.69 Å². The Bertz CT molecular complexity index is 662. The molecule has 1 aliphatic heterocycles. The molecule has 112 valence electrons. The first-order valence-corrected chi connectivity index (χ1v) is 7.51. The Hall–Kier alpha value is -1.82. The summed E-state index contributed by atoms with van der Waals surface area (Å²) in [4.78, 5) is 20.3. The molecule has 0 amide bonds. The van der Waals surface area contributed by atoms with Crippen molar-refractivity contribution >= 4 is 34.3 Å². The topological polar surface area (TPSA) is 75.1 Å². The lowest BCUT2D eigenvalue weighted by Gasteiger charge is -2.32. The van der Waals surface area contributed by atoms with Gasteiger partial charge in [0.15, 0.2) is 0 Å². The molecule has 1 aliphatic rings. The van der Waals surface area contributed by atoms with E-state index in [0.717, 1.165) is 37.4 Å². The summed E-state index contributed by atoms with van der Waals surface area (Å²) in [5.74, 6) is 1.33. The van der Waals surface area contributed by atoms with Crippen molar-refractivity contribution < 1.29 is 4.92 Å². The first-order valence-electron chi connectivity index (χ1n) is 7.08. The van der Waals surface area contributed by atoms with Crippen LogP contribution in [0.15, 0.2) is 18.2 Å². The maximum Gasteiger partial charge on any atom is 0.271 e. The number of halogens is 1. The Kier molecular flexibility index (Phi) is 3.71. The molecular weight excluding hydrogens is 292 g/mol. The number of piperidine rings is 1. The third-order valence-corrected chi connectivity index (χ3v) is 4.51. The zero-order valence-electron chi connectivity index (χ0n) is 11.8. The maximum absolute atomic E-state index is 10.8. The number of nitro groups is 1. The minimum Gasteiger partial charge on any atom is -0.342 e. The number of alkyl halides is 1. The minimum absolute atomic E-state index is 0.0763. The van der Waals surface area contributed by atoms with Crippen LogP contribution in [0, 0.1) is 16.0 Å². The Morgan fingerprint density at radius 3 is 2.81 bits per heavy atom. The van der Waals surface area contributed by atoms with Crippen molar-refractivity contribution in [2.45, 2.75) is 25.1 Å². The number of nitrogens with one attached hydrogen (secondary N) is 1. The molecule has 1 atom stereocenters. The number of benzene rings is 1. The van der Waals surface area contributed by atoms with Crippen LogP contribution in [0.3, 0.4) is 0 Å². The molecule has 2 aromatic rings. The van der Waals surface area contributed by atoms with Gasteiger partial charge >= 0.3 is 0 Å². The fraction of sp³-hybridized carbons (Fsp3) is 0.500. The van der Waals surface area contributed by atoms with Gasteiger partial charge in [0.05, 0.1) is 16.0 Å². The summed E-state index contributed by atoms with van der Waals surface area (Å²) >= 11 is 6.16. The molecule has 1 unspecified atom stereocenters. The van der Waals surface area contributed by atoms with Crippen LogP contribution in [0.1, 0.15) is 19.8 Å². The van der Waals surface area contributed by atoms with Crippen LogP contribution >= 0.6 is 11.6 Å². The van der Waals surface area contributed by atoms with E-state index in [1.54, 1.807) is 6.07 Å². The molecule has 0 radical (unpaired) electrons. The normalized spacial score (nSPS) is 18.1. The molecule has 1 aromatic carbocycles. The van der Waals surface area contributed by atoms with Crippen molar-refractivity contribution in [1.82, 2.24) is 9.97 Å². The fourth-order valence-electron chi connectivity index (χ4n) is 2.82. The average Bonchev–Trinajstić information content (AvgIpc) is 2.90. The van der Waals surface area contributed by atoms with Crippen LogP contribution in [0.2, 0.25) is 0 Å². The third-order valence-electron chi connectivity index (χ3n) is 4.15. The van der Waals surface area contributed by atoms with Crippen molar-refractivity contribution in [3.63, 3.8) is 0 Å². The molecule has 1 fully saturated rings. The number of hydrogen-bond donors (Lipinski definition) is 1. The van der Waals surface area contributed by atoms with Gasteiger partial charge in [-0.15, -0.1) is 11.6 Å². The van der Waals surface area contributed by atoms with Gasteiger partial charge in [-0.3, -0.25) is 10.1 Å². The molecule has 3 rings (SSSR count). The summed E-state index contributed by atoms with van der Waals surface area (Å²) in [6.07, 6.45) is 2.09. The first-order chi connectivity index (χ1) is 10.0. The molecular formula is C14H17ClN4O2. The van der Waals surface area contributed by atoms with Crippen LogP contribution < -0.4 is 4.90 Å². The van der Waals surface area contributed by atoms with E-state index in [1.165, 1.54) is 12.1 Å². The molecule has 7 heteroatoms. The van der Waals surface area contributed by atoms with Gasteiger partial charge in [0.2, 0.25) is 5.95 Å². The number of aromatic nitrogens is 2. The quantitative estimate of drug-likeness (QED) is 0.536. The number of non-ortho nitro benzene ring substituents is 1. The summed E-state index contributed by atoms with van der Waals surface area (Å²) in [5, 5.41) is 11.0. The number of fused-ring (bicyclic) bond motifs is 1. The lowest BCUT2D eigenvalue weighted by molar-refractivity contribution is -0.384. The van der Waals surface area contributed by atoms with E-state index in [1.807, 2.05) is 6.92 Å². The number of nitrogens with zero attached hydrogens (tertiary/aromatic N) is 3.